The van der Waals surface area contributed by atoms with Gasteiger partial charge in [-0.1, -0.05) is 18.0 Å². The SMILES string of the molecule is Cn1nc(-c2cnc3[nH]cc(C(=O)N[C@@H]4CCC[C@@H](C#N)C4)c3n2)c2ccc(Cl)cc21. The molecule has 4 aromatic rings. The second-order valence-corrected chi connectivity index (χ2v) is 8.39. The molecular weight excluding hydrogens is 414 g/mol. The summed E-state index contributed by atoms with van der Waals surface area (Å²) in [6.07, 6.45) is 6.68. The molecule has 0 saturated heterocycles. The van der Waals surface area contributed by atoms with Crippen LogP contribution >= 0.6 is 11.6 Å². The molecule has 31 heavy (non-hydrogen) atoms. The van der Waals surface area contributed by atoms with Crippen molar-refractivity contribution in [1.82, 2.24) is 30.0 Å². The van der Waals surface area contributed by atoms with E-state index in [1.807, 2.05) is 25.2 Å². The number of aromatic nitrogens is 5. The Labute approximate surface area is 183 Å². The van der Waals surface area contributed by atoms with Gasteiger partial charge in [0.1, 0.15) is 16.9 Å². The van der Waals surface area contributed by atoms with E-state index in [-0.39, 0.29) is 17.9 Å². The summed E-state index contributed by atoms with van der Waals surface area (Å²) in [5, 5.41) is 18.4. The van der Waals surface area contributed by atoms with E-state index in [2.05, 4.69) is 26.5 Å². The summed E-state index contributed by atoms with van der Waals surface area (Å²) in [6.45, 7) is 0. The van der Waals surface area contributed by atoms with Crippen LogP contribution in [-0.2, 0) is 7.05 Å². The van der Waals surface area contributed by atoms with E-state index >= 15 is 0 Å². The maximum Gasteiger partial charge on any atom is 0.255 e. The van der Waals surface area contributed by atoms with Crippen molar-refractivity contribution < 1.29 is 4.79 Å². The molecule has 1 aliphatic rings. The Hall–Kier alpha value is -3.44. The van der Waals surface area contributed by atoms with Crippen LogP contribution in [-0.4, -0.2) is 36.7 Å². The van der Waals surface area contributed by atoms with E-state index < -0.39 is 0 Å². The van der Waals surface area contributed by atoms with Gasteiger partial charge >= 0.3 is 0 Å². The molecule has 156 valence electrons. The smallest absolute Gasteiger partial charge is 0.255 e. The third-order valence-electron chi connectivity index (χ3n) is 5.87. The molecule has 0 spiro atoms. The van der Waals surface area contributed by atoms with Crippen LogP contribution in [0.4, 0.5) is 0 Å². The van der Waals surface area contributed by atoms with Crippen molar-refractivity contribution in [3.05, 3.63) is 41.2 Å². The predicted octanol–water partition coefficient (Wildman–Crippen LogP) is 3.98. The first-order chi connectivity index (χ1) is 15.0. The third kappa shape index (κ3) is 3.51. The number of aryl methyl sites for hydroxylation is 1. The van der Waals surface area contributed by atoms with Gasteiger partial charge in [-0.05, 0) is 37.5 Å². The number of nitrogens with zero attached hydrogens (tertiary/aromatic N) is 5. The van der Waals surface area contributed by atoms with E-state index in [9.17, 15) is 10.1 Å². The van der Waals surface area contributed by atoms with Crippen LogP contribution in [0.15, 0.2) is 30.6 Å². The number of nitriles is 1. The highest BCUT2D eigenvalue weighted by Crippen LogP contribution is 2.29. The summed E-state index contributed by atoms with van der Waals surface area (Å²) < 4.78 is 1.75. The average Bonchev–Trinajstić information content (AvgIpc) is 3.34. The van der Waals surface area contributed by atoms with E-state index in [4.69, 9.17) is 16.6 Å². The standard InChI is InChI=1S/C22H20ClN7O/c1-30-18-8-13(23)5-6-15(18)19(29-30)17-11-26-21-20(28-17)16(10-25-21)22(31)27-14-4-2-3-12(7-14)9-24/h5-6,8,10-12,14H,2-4,7H2,1H3,(H,25,26)(H,27,31)/t12-,14-/m1/s1. The Balaban J connectivity index is 1.49. The third-order valence-corrected chi connectivity index (χ3v) is 6.11. The zero-order valence-electron chi connectivity index (χ0n) is 16.9. The molecule has 0 aliphatic heterocycles. The molecule has 0 radical (unpaired) electrons. The number of amides is 1. The average molecular weight is 434 g/mol. The second-order valence-electron chi connectivity index (χ2n) is 7.95. The number of fused-ring (bicyclic) bond motifs is 2. The Morgan fingerprint density at radius 3 is 3.10 bits per heavy atom. The van der Waals surface area contributed by atoms with Crippen LogP contribution in [0.1, 0.15) is 36.0 Å². The number of halogens is 1. The summed E-state index contributed by atoms with van der Waals surface area (Å²) in [7, 11) is 1.85. The van der Waals surface area contributed by atoms with E-state index in [0.717, 1.165) is 30.2 Å². The van der Waals surface area contributed by atoms with E-state index in [0.29, 0.717) is 39.6 Å². The first-order valence-electron chi connectivity index (χ1n) is 10.2. The minimum absolute atomic E-state index is 0.000599. The number of benzene rings is 1. The molecule has 1 amide bonds. The highest BCUT2D eigenvalue weighted by atomic mass is 35.5. The van der Waals surface area contributed by atoms with Gasteiger partial charge in [0.25, 0.3) is 5.91 Å². The zero-order valence-corrected chi connectivity index (χ0v) is 17.6. The molecule has 1 saturated carbocycles. The lowest BCUT2D eigenvalue weighted by Crippen LogP contribution is -2.38. The lowest BCUT2D eigenvalue weighted by atomic mass is 9.86. The fourth-order valence-corrected chi connectivity index (χ4v) is 4.47. The van der Waals surface area contributed by atoms with Crippen molar-refractivity contribution in [2.45, 2.75) is 31.7 Å². The van der Waals surface area contributed by atoms with Crippen LogP contribution in [0.3, 0.4) is 0 Å². The van der Waals surface area contributed by atoms with Crippen molar-refractivity contribution in [2.24, 2.45) is 13.0 Å². The van der Waals surface area contributed by atoms with Crippen molar-refractivity contribution in [2.75, 3.05) is 0 Å². The largest absolute Gasteiger partial charge is 0.349 e. The van der Waals surface area contributed by atoms with Gasteiger partial charge < -0.3 is 10.3 Å². The Morgan fingerprint density at radius 1 is 1.39 bits per heavy atom. The Bertz CT molecular complexity index is 1350. The Kier molecular flexibility index (Phi) is 4.83. The molecule has 0 bridgehead atoms. The van der Waals surface area contributed by atoms with Crippen molar-refractivity contribution in [3.63, 3.8) is 0 Å². The van der Waals surface area contributed by atoms with E-state index in [1.54, 1.807) is 17.1 Å². The van der Waals surface area contributed by atoms with Crippen molar-refractivity contribution in [3.8, 4) is 17.5 Å². The van der Waals surface area contributed by atoms with Crippen LogP contribution in [0, 0.1) is 17.2 Å². The minimum atomic E-state index is -0.209. The molecule has 2 N–H and O–H groups in total. The van der Waals surface area contributed by atoms with Crippen LogP contribution < -0.4 is 5.32 Å². The predicted molar refractivity (Wildman–Crippen MR) is 117 cm³/mol. The number of aromatic amines is 1. The van der Waals surface area contributed by atoms with Crippen LogP contribution in [0.25, 0.3) is 33.5 Å². The lowest BCUT2D eigenvalue weighted by Gasteiger charge is -2.25. The monoisotopic (exact) mass is 433 g/mol. The normalized spacial score (nSPS) is 18.9. The maximum absolute atomic E-state index is 13.0. The molecule has 8 nitrogen and oxygen atoms in total. The first kappa shape index (κ1) is 19.5. The molecule has 5 rings (SSSR count). The number of carbonyl (C=O) groups is 1. The molecule has 9 heteroatoms. The van der Waals surface area contributed by atoms with Crippen molar-refractivity contribution >= 4 is 39.6 Å². The number of H-pyrrole nitrogens is 1. The summed E-state index contributed by atoms with van der Waals surface area (Å²) in [5.41, 5.74) is 3.62. The number of nitrogens with one attached hydrogen (secondary N) is 2. The fraction of sp³-hybridized carbons (Fsp3) is 0.318. The van der Waals surface area contributed by atoms with Crippen LogP contribution in [0.2, 0.25) is 5.02 Å². The first-order valence-corrected chi connectivity index (χ1v) is 10.6. The lowest BCUT2D eigenvalue weighted by molar-refractivity contribution is 0.0925. The zero-order chi connectivity index (χ0) is 21.5. The van der Waals surface area contributed by atoms with Gasteiger partial charge in [0.2, 0.25) is 0 Å². The highest BCUT2D eigenvalue weighted by Gasteiger charge is 2.25. The highest BCUT2D eigenvalue weighted by molar-refractivity contribution is 6.31. The van der Waals surface area contributed by atoms with Gasteiger partial charge in [0, 0.05) is 35.6 Å². The molecule has 1 aromatic carbocycles. The number of hydrogen-bond acceptors (Lipinski definition) is 5. The molecule has 1 aliphatic carbocycles. The summed E-state index contributed by atoms with van der Waals surface area (Å²) in [6, 6.07) is 7.89. The molecular formula is C22H20ClN7O. The quantitative estimate of drug-likeness (QED) is 0.507. The number of carbonyl (C=O) groups excluding carboxylic acids is 1. The summed E-state index contributed by atoms with van der Waals surface area (Å²) >= 11 is 6.13. The van der Waals surface area contributed by atoms with E-state index in [1.165, 1.54) is 0 Å². The topological polar surface area (TPSA) is 112 Å². The Morgan fingerprint density at radius 2 is 2.26 bits per heavy atom. The fourth-order valence-electron chi connectivity index (χ4n) is 4.30. The van der Waals surface area contributed by atoms with Crippen LogP contribution in [0.5, 0.6) is 0 Å². The van der Waals surface area contributed by atoms with Gasteiger partial charge in [-0.3, -0.25) is 9.48 Å². The van der Waals surface area contributed by atoms with Gasteiger partial charge in [0.05, 0.1) is 23.3 Å². The van der Waals surface area contributed by atoms with Gasteiger partial charge in [0.15, 0.2) is 5.65 Å². The summed E-state index contributed by atoms with van der Waals surface area (Å²) in [5.74, 6) is -0.210. The molecule has 3 aromatic heterocycles. The van der Waals surface area contributed by atoms with Gasteiger partial charge in [-0.15, -0.1) is 0 Å². The molecule has 1 fully saturated rings. The maximum atomic E-state index is 13.0. The van der Waals surface area contributed by atoms with Gasteiger partial charge in [-0.25, -0.2) is 9.97 Å². The molecule has 3 heterocycles. The number of rotatable bonds is 3. The number of hydrogen-bond donors (Lipinski definition) is 2. The second kappa shape index (κ2) is 7.67. The molecule has 0 unspecified atom stereocenters. The van der Waals surface area contributed by atoms with Gasteiger partial charge in [-0.2, -0.15) is 10.4 Å². The minimum Gasteiger partial charge on any atom is -0.349 e. The molecule has 2 atom stereocenters. The van der Waals surface area contributed by atoms with Crippen molar-refractivity contribution in [1.29, 1.82) is 5.26 Å². The summed E-state index contributed by atoms with van der Waals surface area (Å²) in [4.78, 5) is 25.2.